The molecule has 0 saturated heterocycles. The van der Waals surface area contributed by atoms with E-state index in [1.54, 1.807) is 6.92 Å². The molecule has 1 fully saturated rings. The predicted octanol–water partition coefficient (Wildman–Crippen LogP) is 1.63. The summed E-state index contributed by atoms with van der Waals surface area (Å²) in [4.78, 5) is 18.9. The largest absolute Gasteiger partial charge is 0.480 e. The Bertz CT molecular complexity index is 391. The molecule has 0 aromatic carbocycles. The van der Waals surface area contributed by atoms with Gasteiger partial charge in [0.15, 0.2) is 0 Å². The first-order valence-electron chi connectivity index (χ1n) is 5.48. The quantitative estimate of drug-likeness (QED) is 0.808. The fourth-order valence-electron chi connectivity index (χ4n) is 1.66. The molecule has 1 aromatic heterocycles. The zero-order chi connectivity index (χ0) is 11.5. The lowest BCUT2D eigenvalue weighted by Gasteiger charge is -2.24. The molecule has 2 rings (SSSR count). The highest BCUT2D eigenvalue weighted by Gasteiger charge is 2.21. The molecule has 0 spiro atoms. The van der Waals surface area contributed by atoms with Crippen LogP contribution in [0, 0.1) is 0 Å². The van der Waals surface area contributed by atoms with Crippen molar-refractivity contribution in [3.05, 3.63) is 18.1 Å². The van der Waals surface area contributed by atoms with Gasteiger partial charge in [-0.15, -0.1) is 0 Å². The van der Waals surface area contributed by atoms with Gasteiger partial charge in [-0.1, -0.05) is 6.42 Å². The molecule has 1 aliphatic rings. The number of hydrogen-bond acceptors (Lipinski definition) is 4. The second kappa shape index (κ2) is 4.47. The van der Waals surface area contributed by atoms with Crippen molar-refractivity contribution in [1.82, 2.24) is 9.97 Å². The van der Waals surface area contributed by atoms with Gasteiger partial charge in [-0.25, -0.2) is 9.97 Å². The predicted molar refractivity (Wildman–Crippen MR) is 59.3 cm³/mol. The zero-order valence-corrected chi connectivity index (χ0v) is 9.18. The fraction of sp³-hybridized carbons (Fsp3) is 0.545. The summed E-state index contributed by atoms with van der Waals surface area (Å²) in [5.41, 5.74) is 1.02. The summed E-state index contributed by atoms with van der Waals surface area (Å²) in [7, 11) is 0. The molecule has 1 unspecified atom stereocenters. The van der Waals surface area contributed by atoms with Crippen LogP contribution in [-0.2, 0) is 4.79 Å². The molecule has 0 aliphatic heterocycles. The van der Waals surface area contributed by atoms with E-state index in [2.05, 4.69) is 15.3 Å². The minimum atomic E-state index is -0.885. The molecule has 86 valence electrons. The molecular formula is C11H15N3O2. The van der Waals surface area contributed by atoms with Crippen molar-refractivity contribution in [1.29, 1.82) is 0 Å². The first-order valence-corrected chi connectivity index (χ1v) is 5.48. The van der Waals surface area contributed by atoms with Crippen molar-refractivity contribution in [2.75, 3.05) is 5.32 Å². The summed E-state index contributed by atoms with van der Waals surface area (Å²) in [6.45, 7) is 1.59. The summed E-state index contributed by atoms with van der Waals surface area (Å²) in [5, 5.41) is 11.6. The van der Waals surface area contributed by atoms with E-state index in [0.29, 0.717) is 11.7 Å². The molecular weight excluding hydrogens is 206 g/mol. The van der Waals surface area contributed by atoms with Gasteiger partial charge in [0, 0.05) is 17.7 Å². The second-order valence-electron chi connectivity index (χ2n) is 4.16. The van der Waals surface area contributed by atoms with Crippen LogP contribution >= 0.6 is 0 Å². The summed E-state index contributed by atoms with van der Waals surface area (Å²) >= 11 is 0. The van der Waals surface area contributed by atoms with Gasteiger partial charge in [-0.2, -0.15) is 0 Å². The van der Waals surface area contributed by atoms with Crippen LogP contribution in [-0.4, -0.2) is 27.1 Å². The van der Waals surface area contributed by atoms with E-state index in [1.807, 2.05) is 6.07 Å². The van der Waals surface area contributed by atoms with Crippen LogP contribution in [0.15, 0.2) is 12.4 Å². The maximum Gasteiger partial charge on any atom is 0.325 e. The zero-order valence-electron chi connectivity index (χ0n) is 9.18. The number of nitrogens with one attached hydrogen (secondary N) is 1. The van der Waals surface area contributed by atoms with Gasteiger partial charge in [-0.05, 0) is 19.8 Å². The first kappa shape index (κ1) is 10.9. The molecule has 1 aromatic rings. The number of aromatic nitrogens is 2. The highest BCUT2D eigenvalue weighted by molar-refractivity contribution is 5.76. The normalized spacial score (nSPS) is 17.6. The fourth-order valence-corrected chi connectivity index (χ4v) is 1.66. The summed E-state index contributed by atoms with van der Waals surface area (Å²) in [5.74, 6) is 0.235. The Labute approximate surface area is 93.9 Å². The van der Waals surface area contributed by atoms with Crippen LogP contribution < -0.4 is 5.32 Å². The van der Waals surface area contributed by atoms with Crippen molar-refractivity contribution in [3.63, 3.8) is 0 Å². The van der Waals surface area contributed by atoms with Crippen molar-refractivity contribution < 1.29 is 9.90 Å². The van der Waals surface area contributed by atoms with E-state index in [1.165, 1.54) is 25.6 Å². The van der Waals surface area contributed by atoms with E-state index in [-0.39, 0.29) is 0 Å². The van der Waals surface area contributed by atoms with Gasteiger partial charge < -0.3 is 10.4 Å². The SMILES string of the molecule is CC(Nc1cc(C2CCC2)ncn1)C(=O)O. The Hall–Kier alpha value is -1.65. The summed E-state index contributed by atoms with van der Waals surface area (Å²) in [6.07, 6.45) is 5.09. The number of carbonyl (C=O) groups is 1. The van der Waals surface area contributed by atoms with Gasteiger partial charge >= 0.3 is 5.97 Å². The van der Waals surface area contributed by atoms with E-state index < -0.39 is 12.0 Å². The third-order valence-corrected chi connectivity index (χ3v) is 2.95. The van der Waals surface area contributed by atoms with Gasteiger partial charge in [0.25, 0.3) is 0 Å². The number of rotatable bonds is 4. The average Bonchev–Trinajstić information content (AvgIpc) is 2.15. The maximum absolute atomic E-state index is 10.7. The maximum atomic E-state index is 10.7. The monoisotopic (exact) mass is 221 g/mol. The molecule has 2 N–H and O–H groups in total. The molecule has 0 amide bonds. The van der Waals surface area contributed by atoms with Crippen LogP contribution in [0.1, 0.15) is 37.8 Å². The smallest absolute Gasteiger partial charge is 0.325 e. The third-order valence-electron chi connectivity index (χ3n) is 2.95. The lowest BCUT2D eigenvalue weighted by Crippen LogP contribution is -2.26. The number of carboxylic acid groups (broad SMARTS) is 1. The Morgan fingerprint density at radius 2 is 2.31 bits per heavy atom. The van der Waals surface area contributed by atoms with Gasteiger partial charge in [0.1, 0.15) is 18.2 Å². The number of aliphatic carboxylic acids is 1. The average molecular weight is 221 g/mol. The van der Waals surface area contributed by atoms with E-state index in [4.69, 9.17) is 5.11 Å². The van der Waals surface area contributed by atoms with Crippen LogP contribution in [0.2, 0.25) is 0 Å². The molecule has 16 heavy (non-hydrogen) atoms. The van der Waals surface area contributed by atoms with Gasteiger partial charge in [0.2, 0.25) is 0 Å². The Kier molecular flexibility index (Phi) is 3.03. The van der Waals surface area contributed by atoms with Crippen LogP contribution in [0.25, 0.3) is 0 Å². The highest BCUT2D eigenvalue weighted by atomic mass is 16.4. The molecule has 0 bridgehead atoms. The van der Waals surface area contributed by atoms with Crippen molar-refractivity contribution in [3.8, 4) is 0 Å². The molecule has 1 aliphatic carbocycles. The van der Waals surface area contributed by atoms with Gasteiger partial charge in [0.05, 0.1) is 0 Å². The second-order valence-corrected chi connectivity index (χ2v) is 4.16. The number of anilines is 1. The summed E-state index contributed by atoms with van der Waals surface area (Å²) < 4.78 is 0. The Morgan fingerprint density at radius 1 is 1.56 bits per heavy atom. The molecule has 0 radical (unpaired) electrons. The van der Waals surface area contributed by atoms with Crippen LogP contribution in [0.3, 0.4) is 0 Å². The topological polar surface area (TPSA) is 75.1 Å². The minimum Gasteiger partial charge on any atom is -0.480 e. The van der Waals surface area contributed by atoms with Crippen molar-refractivity contribution in [2.45, 2.75) is 38.1 Å². The van der Waals surface area contributed by atoms with Crippen LogP contribution in [0.5, 0.6) is 0 Å². The van der Waals surface area contributed by atoms with E-state index >= 15 is 0 Å². The molecule has 5 nitrogen and oxygen atoms in total. The Morgan fingerprint density at radius 3 is 2.88 bits per heavy atom. The van der Waals surface area contributed by atoms with Crippen LogP contribution in [0.4, 0.5) is 5.82 Å². The number of carboxylic acids is 1. The highest BCUT2D eigenvalue weighted by Crippen LogP contribution is 2.35. The van der Waals surface area contributed by atoms with Crippen molar-refractivity contribution in [2.24, 2.45) is 0 Å². The van der Waals surface area contributed by atoms with Gasteiger partial charge in [-0.3, -0.25) is 4.79 Å². The number of nitrogens with zero attached hydrogens (tertiary/aromatic N) is 2. The third kappa shape index (κ3) is 2.29. The minimum absolute atomic E-state index is 0.531. The van der Waals surface area contributed by atoms with Crippen molar-refractivity contribution >= 4 is 11.8 Å². The standard InChI is InChI=1S/C11H15N3O2/c1-7(11(15)16)14-10-5-9(12-6-13-10)8-3-2-4-8/h5-8H,2-4H2,1H3,(H,15,16)(H,12,13,14). The number of hydrogen-bond donors (Lipinski definition) is 2. The summed E-state index contributed by atoms with van der Waals surface area (Å²) in [6, 6.07) is 1.22. The molecule has 1 atom stereocenters. The van der Waals surface area contributed by atoms with E-state index in [0.717, 1.165) is 5.69 Å². The first-order chi connectivity index (χ1) is 7.66. The Balaban J connectivity index is 2.06. The molecule has 1 heterocycles. The lowest BCUT2D eigenvalue weighted by atomic mass is 9.83. The lowest BCUT2D eigenvalue weighted by molar-refractivity contribution is -0.137. The molecule has 1 saturated carbocycles. The van der Waals surface area contributed by atoms with E-state index in [9.17, 15) is 4.79 Å². The molecule has 5 heteroatoms.